The summed E-state index contributed by atoms with van der Waals surface area (Å²) in [7, 11) is 0. The lowest BCUT2D eigenvalue weighted by atomic mass is 9.51. The molecule has 2 heterocycles. The van der Waals surface area contributed by atoms with Crippen LogP contribution in [0.3, 0.4) is 0 Å². The maximum absolute atomic E-state index is 13.4. The molecular formula is C23H31N3O2. The van der Waals surface area contributed by atoms with Gasteiger partial charge < -0.3 is 15.5 Å². The van der Waals surface area contributed by atoms with Crippen molar-refractivity contribution in [1.29, 1.82) is 0 Å². The number of hydrogen-bond acceptors (Lipinski definition) is 3. The quantitative estimate of drug-likeness (QED) is 0.781. The summed E-state index contributed by atoms with van der Waals surface area (Å²) < 4.78 is 0. The van der Waals surface area contributed by atoms with Crippen LogP contribution in [0.1, 0.15) is 62.7 Å². The molecule has 5 unspecified atom stereocenters. The van der Waals surface area contributed by atoms with Crippen molar-refractivity contribution in [2.45, 2.75) is 58.0 Å². The van der Waals surface area contributed by atoms with Crippen LogP contribution in [0.2, 0.25) is 0 Å². The molecule has 1 aromatic rings. The van der Waals surface area contributed by atoms with Crippen LogP contribution in [-0.4, -0.2) is 35.5 Å². The molecule has 1 aromatic carbocycles. The monoisotopic (exact) mass is 381 g/mol. The van der Waals surface area contributed by atoms with Gasteiger partial charge >= 0.3 is 0 Å². The van der Waals surface area contributed by atoms with Crippen molar-refractivity contribution < 1.29 is 9.59 Å². The van der Waals surface area contributed by atoms with Gasteiger partial charge in [-0.25, -0.2) is 0 Å². The average Bonchev–Trinajstić information content (AvgIpc) is 2.67. The van der Waals surface area contributed by atoms with Crippen molar-refractivity contribution in [3.63, 3.8) is 0 Å². The minimum atomic E-state index is -0.412. The summed E-state index contributed by atoms with van der Waals surface area (Å²) in [5.41, 5.74) is 1.16. The smallest absolute Gasteiger partial charge is 0.255 e. The van der Waals surface area contributed by atoms with Gasteiger partial charge in [-0.3, -0.25) is 9.59 Å². The second-order valence-electron chi connectivity index (χ2n) is 9.98. The molecular weight excluding hydrogens is 350 g/mol. The van der Waals surface area contributed by atoms with Crippen LogP contribution in [-0.2, 0) is 4.79 Å². The second-order valence-corrected chi connectivity index (χ2v) is 9.98. The highest BCUT2D eigenvalue weighted by Gasteiger charge is 2.60. The summed E-state index contributed by atoms with van der Waals surface area (Å²) in [5.74, 6) is 1.35. The molecule has 2 amide bonds. The normalized spacial score (nSPS) is 39.3. The molecule has 6 rings (SSSR count). The van der Waals surface area contributed by atoms with Gasteiger partial charge in [-0.05, 0) is 62.0 Å². The predicted octanol–water partition coefficient (Wildman–Crippen LogP) is 3.62. The number of carbonyl (C=O) groups excluding carboxylic acids is 2. The van der Waals surface area contributed by atoms with Gasteiger partial charge in [0.15, 0.2) is 0 Å². The fourth-order valence-corrected chi connectivity index (χ4v) is 6.44. The fraction of sp³-hybridized carbons (Fsp3) is 0.652. The largest absolute Gasteiger partial charge is 0.362 e. The SMILES string of the molecule is CC1CCCN(C(=O)C2CC3CCC2(C)CC32NC(=O)c3ccccc3N2)C1. The number of benzene rings is 1. The third-order valence-electron chi connectivity index (χ3n) is 7.94. The molecule has 2 bridgehead atoms. The van der Waals surface area contributed by atoms with Crippen LogP contribution in [0.4, 0.5) is 5.69 Å². The first-order valence-corrected chi connectivity index (χ1v) is 10.9. The van der Waals surface area contributed by atoms with E-state index in [9.17, 15) is 9.59 Å². The summed E-state index contributed by atoms with van der Waals surface area (Å²) >= 11 is 0. The van der Waals surface area contributed by atoms with Gasteiger partial charge in [0.2, 0.25) is 5.91 Å². The van der Waals surface area contributed by atoms with Crippen molar-refractivity contribution in [2.75, 3.05) is 18.4 Å². The van der Waals surface area contributed by atoms with E-state index < -0.39 is 5.66 Å². The zero-order valence-corrected chi connectivity index (χ0v) is 17.0. The van der Waals surface area contributed by atoms with E-state index in [1.54, 1.807) is 0 Å². The molecule has 150 valence electrons. The Bertz CT molecular complexity index is 824. The lowest BCUT2D eigenvalue weighted by Crippen LogP contribution is -2.70. The molecule has 2 aliphatic heterocycles. The van der Waals surface area contributed by atoms with Gasteiger partial charge in [-0.1, -0.05) is 26.0 Å². The molecule has 28 heavy (non-hydrogen) atoms. The summed E-state index contributed by atoms with van der Waals surface area (Å²) in [6.45, 7) is 6.34. The highest BCUT2D eigenvalue weighted by molar-refractivity contribution is 6.02. The van der Waals surface area contributed by atoms with Crippen LogP contribution in [0.15, 0.2) is 24.3 Å². The van der Waals surface area contributed by atoms with Gasteiger partial charge in [-0.2, -0.15) is 0 Å². The number of hydrogen-bond donors (Lipinski definition) is 2. The predicted molar refractivity (Wildman–Crippen MR) is 109 cm³/mol. The summed E-state index contributed by atoms with van der Waals surface area (Å²) in [4.78, 5) is 28.4. The average molecular weight is 382 g/mol. The summed E-state index contributed by atoms with van der Waals surface area (Å²) in [6.07, 6.45) is 6.18. The Morgan fingerprint density at radius 1 is 1.21 bits per heavy atom. The van der Waals surface area contributed by atoms with E-state index in [-0.39, 0.29) is 17.2 Å². The van der Waals surface area contributed by atoms with Crippen LogP contribution >= 0.6 is 0 Å². The van der Waals surface area contributed by atoms with Crippen LogP contribution in [0.25, 0.3) is 0 Å². The van der Waals surface area contributed by atoms with Crippen molar-refractivity contribution in [2.24, 2.45) is 23.2 Å². The molecule has 1 saturated heterocycles. The molecule has 3 aliphatic carbocycles. The van der Waals surface area contributed by atoms with Gasteiger partial charge in [-0.15, -0.1) is 0 Å². The van der Waals surface area contributed by atoms with Crippen LogP contribution < -0.4 is 10.6 Å². The highest BCUT2D eigenvalue weighted by Crippen LogP contribution is 2.58. The van der Waals surface area contributed by atoms with E-state index in [0.717, 1.165) is 56.4 Å². The topological polar surface area (TPSA) is 61.4 Å². The number of rotatable bonds is 1. The molecule has 0 aromatic heterocycles. The van der Waals surface area contributed by atoms with Gasteiger partial charge in [0, 0.05) is 30.6 Å². The molecule has 5 atom stereocenters. The molecule has 5 heteroatoms. The maximum atomic E-state index is 13.4. The van der Waals surface area contributed by atoms with E-state index in [1.165, 1.54) is 6.42 Å². The first kappa shape index (κ1) is 18.0. The van der Waals surface area contributed by atoms with E-state index in [1.807, 2.05) is 24.3 Å². The Morgan fingerprint density at radius 2 is 2.04 bits per heavy atom. The molecule has 4 fully saturated rings. The van der Waals surface area contributed by atoms with Crippen molar-refractivity contribution in [3.05, 3.63) is 29.8 Å². The Kier molecular flexibility index (Phi) is 4.01. The number of amides is 2. The zero-order chi connectivity index (χ0) is 19.5. The van der Waals surface area contributed by atoms with Gasteiger partial charge in [0.25, 0.3) is 5.91 Å². The van der Waals surface area contributed by atoms with E-state index in [2.05, 4.69) is 29.4 Å². The lowest BCUT2D eigenvalue weighted by molar-refractivity contribution is -0.152. The number of anilines is 1. The summed E-state index contributed by atoms with van der Waals surface area (Å²) in [6, 6.07) is 7.75. The Hall–Kier alpha value is -2.04. The Labute approximate surface area is 167 Å². The first-order valence-electron chi connectivity index (χ1n) is 10.9. The molecule has 2 N–H and O–H groups in total. The number of piperidine rings is 1. The number of nitrogens with zero attached hydrogens (tertiary/aromatic N) is 1. The fourth-order valence-electron chi connectivity index (χ4n) is 6.44. The number of likely N-dealkylation sites (tertiary alicyclic amines) is 1. The van der Waals surface area contributed by atoms with Crippen LogP contribution in [0, 0.1) is 23.2 Å². The minimum Gasteiger partial charge on any atom is -0.362 e. The molecule has 5 aliphatic rings. The van der Waals surface area contributed by atoms with Crippen molar-refractivity contribution in [3.8, 4) is 0 Å². The van der Waals surface area contributed by atoms with E-state index >= 15 is 0 Å². The van der Waals surface area contributed by atoms with Crippen LogP contribution in [0.5, 0.6) is 0 Å². The number of carbonyl (C=O) groups is 2. The second kappa shape index (κ2) is 6.23. The number of fused-ring (bicyclic) bond motifs is 3. The molecule has 3 saturated carbocycles. The number of para-hydroxylation sites is 1. The Morgan fingerprint density at radius 3 is 2.82 bits per heavy atom. The zero-order valence-electron chi connectivity index (χ0n) is 17.0. The van der Waals surface area contributed by atoms with Crippen molar-refractivity contribution in [1.82, 2.24) is 10.2 Å². The maximum Gasteiger partial charge on any atom is 0.255 e. The molecule has 0 radical (unpaired) electrons. The molecule has 5 nitrogen and oxygen atoms in total. The van der Waals surface area contributed by atoms with Gasteiger partial charge in [0.05, 0.1) is 5.56 Å². The lowest BCUT2D eigenvalue weighted by Gasteiger charge is -2.61. The standard InChI is InChI=1S/C23H31N3O2/c1-15-6-5-11-26(13-15)21(28)18-12-16-9-10-22(18,2)14-23(16)24-19-8-4-3-7-17(19)20(27)25-23/h3-4,7-8,15-16,18,24H,5-6,9-14H2,1-2H3,(H,25,27). The van der Waals surface area contributed by atoms with Crippen molar-refractivity contribution >= 4 is 17.5 Å². The summed E-state index contributed by atoms with van der Waals surface area (Å²) in [5, 5.41) is 7.00. The molecule has 1 spiro atoms. The van der Waals surface area contributed by atoms with Gasteiger partial charge in [0.1, 0.15) is 5.66 Å². The highest BCUT2D eigenvalue weighted by atomic mass is 16.2. The minimum absolute atomic E-state index is 0.0123. The Balaban J connectivity index is 1.41. The van der Waals surface area contributed by atoms with E-state index in [4.69, 9.17) is 0 Å². The third-order valence-corrected chi connectivity index (χ3v) is 7.94. The van der Waals surface area contributed by atoms with E-state index in [0.29, 0.717) is 17.7 Å². The number of nitrogens with one attached hydrogen (secondary N) is 2. The first-order chi connectivity index (χ1) is 13.4. The third kappa shape index (κ3) is 2.66.